The number of rotatable bonds is 11. The predicted molar refractivity (Wildman–Crippen MR) is 222 cm³/mol. The molecular formula is C44H50N8O6S. The van der Waals surface area contributed by atoms with Crippen molar-refractivity contribution >= 4 is 62.5 Å². The van der Waals surface area contributed by atoms with Gasteiger partial charge in [-0.25, -0.2) is 15.0 Å². The van der Waals surface area contributed by atoms with Crippen LogP contribution in [0.5, 0.6) is 0 Å². The summed E-state index contributed by atoms with van der Waals surface area (Å²) in [7, 11) is 0. The fraction of sp³-hybridized carbons (Fsp3) is 0.500. The SMILES string of the molecule is Cc1nccc(C(=O)Nc2cc3sc(C4CCC(CN5CC6(CC(CCNc7cccc8c7C(=O)N(C7CCC(=O)NC7=O)C8=O)C6)C5)CC4)nc3cc2C(C)(C)O)n1. The lowest BCUT2D eigenvalue weighted by atomic mass is 9.57. The highest BCUT2D eigenvalue weighted by atomic mass is 32.1. The summed E-state index contributed by atoms with van der Waals surface area (Å²) in [5.41, 5.74) is 2.73. The number of hydrogen-bond donors (Lipinski definition) is 4. The lowest BCUT2D eigenvalue weighted by molar-refractivity contribution is -0.136. The van der Waals surface area contributed by atoms with Crippen LogP contribution in [0.3, 0.4) is 0 Å². The smallest absolute Gasteiger partial charge is 0.274 e. The molecule has 15 heteroatoms. The number of aliphatic hydroxyl groups is 1. The van der Waals surface area contributed by atoms with Crippen LogP contribution in [0.2, 0.25) is 0 Å². The summed E-state index contributed by atoms with van der Waals surface area (Å²) in [6.45, 7) is 9.33. The van der Waals surface area contributed by atoms with Crippen molar-refractivity contribution in [3.63, 3.8) is 0 Å². The highest BCUT2D eigenvalue weighted by Gasteiger charge is 2.52. The minimum absolute atomic E-state index is 0.0932. The van der Waals surface area contributed by atoms with Crippen LogP contribution in [0.1, 0.15) is 125 Å². The van der Waals surface area contributed by atoms with Crippen molar-refractivity contribution in [1.29, 1.82) is 0 Å². The van der Waals surface area contributed by atoms with Gasteiger partial charge in [0.15, 0.2) is 0 Å². The number of anilines is 2. The molecule has 1 spiro atoms. The Morgan fingerprint density at radius 1 is 0.983 bits per heavy atom. The molecule has 5 amide bonds. The van der Waals surface area contributed by atoms with Crippen molar-refractivity contribution in [3.05, 3.63) is 75.8 Å². The Morgan fingerprint density at radius 3 is 2.49 bits per heavy atom. The summed E-state index contributed by atoms with van der Waals surface area (Å²) in [5.74, 6) is -0.101. The molecule has 59 heavy (non-hydrogen) atoms. The van der Waals surface area contributed by atoms with Crippen LogP contribution >= 0.6 is 11.3 Å². The third kappa shape index (κ3) is 7.64. The van der Waals surface area contributed by atoms with E-state index in [1.807, 2.05) is 18.2 Å². The first-order chi connectivity index (χ1) is 28.2. The van der Waals surface area contributed by atoms with E-state index in [4.69, 9.17) is 4.98 Å². The zero-order valence-corrected chi connectivity index (χ0v) is 34.5. The number of aryl methyl sites for hydroxylation is 1. The lowest BCUT2D eigenvalue weighted by Crippen LogP contribution is -2.63. The van der Waals surface area contributed by atoms with E-state index < -0.39 is 29.4 Å². The minimum atomic E-state index is -1.19. The number of likely N-dealkylation sites (tertiary alicyclic amines) is 1. The van der Waals surface area contributed by atoms with E-state index in [0.29, 0.717) is 63.6 Å². The molecule has 0 radical (unpaired) electrons. The van der Waals surface area contributed by atoms with E-state index in [9.17, 15) is 29.1 Å². The molecule has 3 aliphatic heterocycles. The number of fused-ring (bicyclic) bond motifs is 2. The third-order valence-electron chi connectivity index (χ3n) is 13.1. The van der Waals surface area contributed by atoms with Gasteiger partial charge in [-0.15, -0.1) is 11.3 Å². The van der Waals surface area contributed by atoms with E-state index in [1.165, 1.54) is 25.7 Å². The van der Waals surface area contributed by atoms with E-state index in [-0.39, 0.29) is 30.3 Å². The zero-order chi connectivity index (χ0) is 41.2. The molecule has 4 aromatic rings. The maximum absolute atomic E-state index is 13.4. The van der Waals surface area contributed by atoms with E-state index in [0.717, 1.165) is 59.0 Å². The van der Waals surface area contributed by atoms with Crippen LogP contribution in [0.25, 0.3) is 10.2 Å². The number of nitrogens with one attached hydrogen (secondary N) is 3. The molecule has 4 N–H and O–H groups in total. The highest BCUT2D eigenvalue weighted by molar-refractivity contribution is 7.18. The van der Waals surface area contributed by atoms with Crippen LogP contribution in [-0.2, 0) is 15.2 Å². The summed E-state index contributed by atoms with van der Waals surface area (Å²) in [5, 5.41) is 20.8. The number of nitrogens with zero attached hydrogens (tertiary/aromatic N) is 5. The number of piperidine rings is 1. The molecule has 0 bridgehead atoms. The second-order valence-corrected chi connectivity index (χ2v) is 19.0. The first-order valence-electron chi connectivity index (χ1n) is 20.8. The quantitative estimate of drug-likeness (QED) is 0.135. The Balaban J connectivity index is 0.730. The van der Waals surface area contributed by atoms with Crippen LogP contribution in [0, 0.1) is 24.2 Å². The van der Waals surface area contributed by atoms with Gasteiger partial charge in [-0.3, -0.25) is 34.2 Å². The molecule has 2 aromatic heterocycles. The van der Waals surface area contributed by atoms with Gasteiger partial charge in [-0.2, -0.15) is 0 Å². The van der Waals surface area contributed by atoms with Crippen LogP contribution in [0.4, 0.5) is 11.4 Å². The summed E-state index contributed by atoms with van der Waals surface area (Å²) >= 11 is 1.68. The molecule has 2 aromatic carbocycles. The third-order valence-corrected chi connectivity index (χ3v) is 14.3. The number of thiazole rings is 1. The first-order valence-corrected chi connectivity index (χ1v) is 21.6. The average Bonchev–Trinajstić information content (AvgIpc) is 3.70. The van der Waals surface area contributed by atoms with Gasteiger partial charge in [0.1, 0.15) is 17.6 Å². The highest BCUT2D eigenvalue weighted by Crippen LogP contribution is 2.53. The molecule has 14 nitrogen and oxygen atoms in total. The van der Waals surface area contributed by atoms with E-state index >= 15 is 0 Å². The van der Waals surface area contributed by atoms with Crippen molar-refractivity contribution in [3.8, 4) is 0 Å². The van der Waals surface area contributed by atoms with E-state index in [1.54, 1.807) is 56.5 Å². The molecule has 308 valence electrons. The van der Waals surface area contributed by atoms with Crippen molar-refractivity contribution in [1.82, 2.24) is 30.1 Å². The molecular weight excluding hydrogens is 769 g/mol. The van der Waals surface area contributed by atoms with Crippen LogP contribution < -0.4 is 16.0 Å². The normalized spacial score (nSPS) is 23.3. The Hall–Kier alpha value is -5.12. The Labute approximate surface area is 346 Å². The molecule has 1 unspecified atom stereocenters. The van der Waals surface area contributed by atoms with Crippen molar-refractivity contribution in [2.75, 3.05) is 36.8 Å². The number of carbonyl (C=O) groups is 5. The number of aromatic nitrogens is 3. The molecule has 2 saturated carbocycles. The number of imide groups is 2. The van der Waals surface area contributed by atoms with E-state index in [2.05, 4.69) is 30.8 Å². The number of amides is 5. The summed E-state index contributed by atoms with van der Waals surface area (Å²) in [6, 6.07) is 9.64. The predicted octanol–water partition coefficient (Wildman–Crippen LogP) is 5.76. The molecule has 1 atom stereocenters. The van der Waals surface area contributed by atoms with Gasteiger partial charge in [0.25, 0.3) is 17.7 Å². The second-order valence-electron chi connectivity index (χ2n) is 18.0. The second kappa shape index (κ2) is 15.2. The molecule has 2 aliphatic carbocycles. The topological polar surface area (TPSA) is 187 Å². The molecule has 4 fully saturated rings. The fourth-order valence-electron chi connectivity index (χ4n) is 10.2. The number of hydrogen-bond acceptors (Lipinski definition) is 12. The molecule has 2 saturated heterocycles. The van der Waals surface area contributed by atoms with Gasteiger partial charge in [-0.1, -0.05) is 6.07 Å². The fourth-order valence-corrected chi connectivity index (χ4v) is 11.4. The Kier molecular flexibility index (Phi) is 10.1. The number of benzene rings is 2. The largest absolute Gasteiger partial charge is 0.386 e. The monoisotopic (exact) mass is 818 g/mol. The van der Waals surface area contributed by atoms with Crippen molar-refractivity contribution < 1.29 is 29.1 Å². The molecule has 9 rings (SSSR count). The standard InChI is InChI=1S/C44H50N8O6S/c1-24-45-16-14-31(47-24)38(54)48-32-18-35-33(17-29(32)43(2,3)58)49-40(59-35)27-9-7-25(8-10-27)21-51-22-44(23-51)19-26(20-44)13-15-46-30-6-4-5-28-37(30)42(57)52(41(28)56)34-11-12-36(53)50-39(34)55/h4-6,14,16-18,25-27,34,46,58H,7-13,15,19-23H2,1-3H3,(H,48,54)(H,50,53,55). The van der Waals surface area contributed by atoms with Gasteiger partial charge in [0.2, 0.25) is 11.8 Å². The maximum atomic E-state index is 13.4. The van der Waals surface area contributed by atoms with Gasteiger partial charge in [0.05, 0.1) is 32.0 Å². The first kappa shape index (κ1) is 39.3. The Morgan fingerprint density at radius 2 is 1.76 bits per heavy atom. The maximum Gasteiger partial charge on any atom is 0.274 e. The van der Waals surface area contributed by atoms with Crippen molar-refractivity contribution in [2.24, 2.45) is 17.3 Å². The summed E-state index contributed by atoms with van der Waals surface area (Å²) in [6.07, 6.45) is 9.76. The lowest BCUT2D eigenvalue weighted by Gasteiger charge is -2.60. The zero-order valence-electron chi connectivity index (χ0n) is 33.7. The van der Waals surface area contributed by atoms with Gasteiger partial charge < -0.3 is 20.6 Å². The van der Waals surface area contributed by atoms with Crippen molar-refractivity contribution in [2.45, 2.75) is 96.1 Å². The van der Waals surface area contributed by atoms with Gasteiger partial charge >= 0.3 is 0 Å². The minimum Gasteiger partial charge on any atom is -0.386 e. The van der Waals surface area contributed by atoms with Crippen LogP contribution in [0.15, 0.2) is 42.6 Å². The van der Waals surface area contributed by atoms with Gasteiger partial charge in [0, 0.05) is 61.7 Å². The molecule has 5 aliphatic rings. The summed E-state index contributed by atoms with van der Waals surface area (Å²) < 4.78 is 0.985. The number of carbonyl (C=O) groups excluding carboxylic acids is 5. The average molecular weight is 819 g/mol. The van der Waals surface area contributed by atoms with Crippen LogP contribution in [-0.4, -0.2) is 91.6 Å². The summed E-state index contributed by atoms with van der Waals surface area (Å²) in [4.78, 5) is 80.9. The Bertz CT molecular complexity index is 2370. The molecule has 5 heterocycles. The van der Waals surface area contributed by atoms with Gasteiger partial charge in [-0.05, 0) is 120 Å².